The fraction of sp³-hybridized carbons (Fsp3) is 0.296. The minimum Gasteiger partial charge on any atom is -0.491 e. The van der Waals surface area contributed by atoms with Crippen molar-refractivity contribution < 1.29 is 49.8 Å². The van der Waals surface area contributed by atoms with E-state index in [1.807, 2.05) is 0 Å². The van der Waals surface area contributed by atoms with Gasteiger partial charge in [-0.3, -0.25) is 23.7 Å². The van der Waals surface area contributed by atoms with Gasteiger partial charge in [-0.25, -0.2) is 4.39 Å². The zero-order valence-corrected chi connectivity index (χ0v) is 22.4. The summed E-state index contributed by atoms with van der Waals surface area (Å²) in [4.78, 5) is 37.8. The van der Waals surface area contributed by atoms with Crippen molar-refractivity contribution in [2.24, 2.45) is 11.7 Å². The molecule has 0 spiro atoms. The average Bonchev–Trinajstić information content (AvgIpc) is 2.88. The number of ether oxygens (including phenoxy) is 2. The van der Waals surface area contributed by atoms with Gasteiger partial charge in [-0.05, 0) is 47.9 Å². The average molecular weight is 636 g/mol. The molecule has 0 unspecified atom stereocenters. The van der Waals surface area contributed by atoms with E-state index in [1.165, 1.54) is 18.2 Å². The van der Waals surface area contributed by atoms with Crippen LogP contribution < -0.4 is 21.3 Å². The summed E-state index contributed by atoms with van der Waals surface area (Å²) in [6, 6.07) is 6.10. The number of rotatable bonds is 7. The number of alkyl halides is 6. The third-order valence-electron chi connectivity index (χ3n) is 6.57. The Hall–Kier alpha value is -4.11. The first-order valence-corrected chi connectivity index (χ1v) is 12.8. The second-order valence-corrected chi connectivity index (χ2v) is 9.94. The molecule has 2 aromatic carbocycles. The van der Waals surface area contributed by atoms with E-state index in [-0.39, 0.29) is 33.1 Å². The number of aromatic nitrogens is 1. The highest BCUT2D eigenvalue weighted by atomic mass is 35.5. The lowest BCUT2D eigenvalue weighted by Gasteiger charge is -2.27. The van der Waals surface area contributed by atoms with E-state index in [0.717, 1.165) is 30.5 Å². The number of nitrogens with two attached hydrogens (primary N) is 1. The Morgan fingerprint density at radius 1 is 1.09 bits per heavy atom. The van der Waals surface area contributed by atoms with E-state index >= 15 is 0 Å². The zero-order valence-electron chi connectivity index (χ0n) is 21.7. The van der Waals surface area contributed by atoms with E-state index in [4.69, 9.17) is 22.1 Å². The first-order valence-electron chi connectivity index (χ1n) is 12.4. The third-order valence-corrected chi connectivity index (χ3v) is 6.81. The van der Waals surface area contributed by atoms with Crippen LogP contribution in [-0.2, 0) is 16.0 Å². The van der Waals surface area contributed by atoms with Crippen LogP contribution in [0.15, 0.2) is 53.5 Å². The van der Waals surface area contributed by atoms with Crippen LogP contribution in [0.1, 0.15) is 28.4 Å². The minimum absolute atomic E-state index is 0.0502. The van der Waals surface area contributed by atoms with E-state index in [1.54, 1.807) is 0 Å². The number of carbonyl (C=O) groups is 2. The molecule has 43 heavy (non-hydrogen) atoms. The van der Waals surface area contributed by atoms with Gasteiger partial charge in [0.25, 0.3) is 11.5 Å². The van der Waals surface area contributed by atoms with E-state index in [0.29, 0.717) is 4.57 Å². The number of pyridine rings is 1. The summed E-state index contributed by atoms with van der Waals surface area (Å²) in [5.74, 6) is -5.55. The molecule has 0 fully saturated rings. The van der Waals surface area contributed by atoms with Gasteiger partial charge < -0.3 is 15.8 Å². The first kappa shape index (κ1) is 31.8. The fourth-order valence-electron chi connectivity index (χ4n) is 4.50. The highest BCUT2D eigenvalue weighted by Gasteiger charge is 2.41. The molecule has 16 heteroatoms. The van der Waals surface area contributed by atoms with Gasteiger partial charge in [0.2, 0.25) is 5.91 Å². The predicted molar refractivity (Wildman–Crippen MR) is 139 cm³/mol. The van der Waals surface area contributed by atoms with Crippen molar-refractivity contribution in [1.29, 1.82) is 0 Å². The normalized spacial score (nSPS) is 15.8. The largest absolute Gasteiger partial charge is 0.522 e. The van der Waals surface area contributed by atoms with E-state index < -0.39 is 79.3 Å². The zero-order chi connectivity index (χ0) is 31.7. The summed E-state index contributed by atoms with van der Waals surface area (Å²) < 4.78 is 104. The van der Waals surface area contributed by atoms with Crippen LogP contribution in [-0.4, -0.2) is 42.1 Å². The number of carbonyl (C=O) groups excluding carboxylic acids is 2. The van der Waals surface area contributed by atoms with Gasteiger partial charge in [0.15, 0.2) is 0 Å². The smallest absolute Gasteiger partial charge is 0.491 e. The van der Waals surface area contributed by atoms with Crippen molar-refractivity contribution in [2.45, 2.75) is 31.4 Å². The Morgan fingerprint density at radius 2 is 1.81 bits per heavy atom. The Kier molecular flexibility index (Phi) is 9.06. The Morgan fingerprint density at radius 3 is 2.44 bits per heavy atom. The molecule has 1 aliphatic rings. The number of anilines is 1. The number of hydrogen-bond donors (Lipinski definition) is 2. The predicted octanol–water partition coefficient (Wildman–Crippen LogP) is 5.63. The molecule has 1 aliphatic heterocycles. The fourth-order valence-corrected chi connectivity index (χ4v) is 4.67. The van der Waals surface area contributed by atoms with Crippen molar-refractivity contribution >= 4 is 29.1 Å². The molecule has 3 aromatic rings. The van der Waals surface area contributed by atoms with Gasteiger partial charge in [0.1, 0.15) is 24.2 Å². The maximum absolute atomic E-state index is 14.2. The molecule has 0 radical (unpaired) electrons. The summed E-state index contributed by atoms with van der Waals surface area (Å²) in [7, 11) is 0. The number of nitrogens with zero attached hydrogens (tertiary/aromatic N) is 1. The maximum atomic E-state index is 14.2. The summed E-state index contributed by atoms with van der Waals surface area (Å²) in [5.41, 5.74) is 3.81. The van der Waals surface area contributed by atoms with Crippen LogP contribution in [0.25, 0.3) is 11.1 Å². The highest BCUT2D eigenvalue weighted by Crippen LogP contribution is 2.40. The quantitative estimate of drug-likeness (QED) is 0.327. The molecule has 2 atom stereocenters. The van der Waals surface area contributed by atoms with Crippen LogP contribution in [0.3, 0.4) is 0 Å². The number of amides is 2. The second kappa shape index (κ2) is 12.2. The lowest BCUT2D eigenvalue weighted by molar-refractivity contribution is -0.325. The topological polar surface area (TPSA) is 113 Å². The van der Waals surface area contributed by atoms with Crippen molar-refractivity contribution in [3.05, 3.63) is 81.0 Å². The van der Waals surface area contributed by atoms with Crippen LogP contribution in [0.4, 0.5) is 36.4 Å². The van der Waals surface area contributed by atoms with Crippen molar-refractivity contribution in [2.75, 3.05) is 18.5 Å². The van der Waals surface area contributed by atoms with Gasteiger partial charge in [-0.1, -0.05) is 17.7 Å². The molecule has 1 aromatic heterocycles. The van der Waals surface area contributed by atoms with Gasteiger partial charge in [0.05, 0.1) is 24.3 Å². The monoisotopic (exact) mass is 635 g/mol. The van der Waals surface area contributed by atoms with Gasteiger partial charge in [0, 0.05) is 28.8 Å². The lowest BCUT2D eigenvalue weighted by atomic mass is 9.91. The molecule has 3 N–H and O–H groups in total. The number of halogens is 8. The number of benzene rings is 2. The number of hydrogen-bond acceptors (Lipinski definition) is 5. The van der Waals surface area contributed by atoms with Crippen LogP contribution >= 0.6 is 11.6 Å². The molecule has 4 rings (SSSR count). The molecule has 0 saturated heterocycles. The summed E-state index contributed by atoms with van der Waals surface area (Å²) >= 11 is 6.08. The van der Waals surface area contributed by atoms with Crippen molar-refractivity contribution in [1.82, 2.24) is 4.57 Å². The van der Waals surface area contributed by atoms with Crippen molar-refractivity contribution in [3.63, 3.8) is 0 Å². The van der Waals surface area contributed by atoms with Crippen molar-refractivity contribution in [3.8, 4) is 16.9 Å². The Labute approximate surface area is 243 Å². The molecular weight excluding hydrogens is 615 g/mol. The summed E-state index contributed by atoms with van der Waals surface area (Å²) in [5, 5.41) is 2.39. The summed E-state index contributed by atoms with van der Waals surface area (Å²) in [6.45, 7) is -1.97. The molecule has 2 amide bonds. The Bertz CT molecular complexity index is 1610. The minimum atomic E-state index is -5.08. The highest BCUT2D eigenvalue weighted by molar-refractivity contribution is 6.30. The number of primary amides is 1. The number of fused-ring (bicyclic) bond motifs is 3. The second-order valence-electron chi connectivity index (χ2n) is 9.50. The standard InChI is InChI=1S/C27H21ClF7N3O5/c28-15-2-1-13-7-14(26(30,31)32)12-42-22-11-38(23(39)10-19(22)18(13)8-15)21(5-6-43-27(33,34)35)25(41)37-16-3-4-17(24(36)40)20(29)9-16/h1-4,8-11,14,21H,5-7,12H2,(H2,36,40)(H,37,41)/t14-,21+/m1/s1. The number of nitrogens with one attached hydrogen (secondary N) is 1. The molecular formula is C27H21ClF7N3O5. The van der Waals surface area contributed by atoms with Gasteiger partial charge in [-0.15, -0.1) is 13.2 Å². The molecule has 8 nitrogen and oxygen atoms in total. The van der Waals surface area contributed by atoms with Gasteiger partial charge in [-0.2, -0.15) is 13.2 Å². The first-order chi connectivity index (χ1) is 20.0. The lowest BCUT2D eigenvalue weighted by Crippen LogP contribution is -2.35. The van der Waals surface area contributed by atoms with Gasteiger partial charge >= 0.3 is 12.5 Å². The van der Waals surface area contributed by atoms with E-state index in [9.17, 15) is 45.1 Å². The molecule has 230 valence electrons. The summed E-state index contributed by atoms with van der Waals surface area (Å²) in [6.07, 6.45) is -10.1. The maximum Gasteiger partial charge on any atom is 0.522 e. The van der Waals surface area contributed by atoms with Crippen LogP contribution in [0.5, 0.6) is 5.75 Å². The SMILES string of the molecule is NC(=O)c1ccc(NC(=O)[C@H](CCOC(F)(F)F)n2cc3c(cc2=O)-c2cc(Cl)ccc2C[C@@H](C(F)(F)F)CO3)cc1F. The molecule has 0 bridgehead atoms. The molecule has 2 heterocycles. The van der Waals surface area contributed by atoms with Crippen LogP contribution in [0, 0.1) is 11.7 Å². The Balaban J connectivity index is 1.77. The van der Waals surface area contributed by atoms with E-state index in [2.05, 4.69) is 10.1 Å². The molecule has 0 aliphatic carbocycles. The molecule has 0 saturated carbocycles. The van der Waals surface area contributed by atoms with Crippen LogP contribution in [0.2, 0.25) is 5.02 Å². The third kappa shape index (κ3) is 7.65.